The quantitative estimate of drug-likeness (QED) is 0.576. The first-order valence-corrected chi connectivity index (χ1v) is 8.53. The Kier molecular flexibility index (Phi) is 4.82. The fourth-order valence-corrected chi connectivity index (χ4v) is 3.38. The monoisotopic (exact) mass is 306 g/mol. The summed E-state index contributed by atoms with van der Waals surface area (Å²) in [5, 5.41) is 0. The summed E-state index contributed by atoms with van der Waals surface area (Å²) in [6.07, 6.45) is 5.83. The second-order valence-corrected chi connectivity index (χ2v) is 6.61. The van der Waals surface area contributed by atoms with Crippen LogP contribution in [-0.2, 0) is 0 Å². The fraction of sp³-hybridized carbons (Fsp3) is 0.364. The van der Waals surface area contributed by atoms with Crippen molar-refractivity contribution in [3.05, 3.63) is 70.0 Å². The van der Waals surface area contributed by atoms with Gasteiger partial charge in [-0.15, -0.1) is 0 Å². The lowest BCUT2D eigenvalue weighted by Gasteiger charge is -2.24. The molecule has 0 bridgehead atoms. The van der Waals surface area contributed by atoms with Crippen LogP contribution in [0.3, 0.4) is 0 Å². The van der Waals surface area contributed by atoms with E-state index in [9.17, 15) is 4.39 Å². The van der Waals surface area contributed by atoms with E-state index in [1.165, 1.54) is 24.8 Å². The molecule has 0 atom stereocenters. The molecule has 1 aliphatic rings. The summed E-state index contributed by atoms with van der Waals surface area (Å²) >= 11 is 0. The lowest BCUT2D eigenvalue weighted by molar-refractivity contribution is 0.428. The fourth-order valence-electron chi connectivity index (χ4n) is 3.38. The summed E-state index contributed by atoms with van der Waals surface area (Å²) in [6.45, 7) is 3.91. The van der Waals surface area contributed by atoms with Gasteiger partial charge in [0.2, 0.25) is 0 Å². The van der Waals surface area contributed by atoms with Gasteiger partial charge < -0.3 is 0 Å². The van der Waals surface area contributed by atoms with Gasteiger partial charge in [-0.2, -0.15) is 0 Å². The molecule has 1 saturated carbocycles. The van der Waals surface area contributed by atoms with Gasteiger partial charge in [0, 0.05) is 16.7 Å². The van der Waals surface area contributed by atoms with Crippen molar-refractivity contribution < 1.29 is 4.39 Å². The van der Waals surface area contributed by atoms with Crippen LogP contribution in [0.5, 0.6) is 0 Å². The van der Waals surface area contributed by atoms with Crippen LogP contribution in [0.1, 0.15) is 65.8 Å². The maximum Gasteiger partial charge on any atom is 0.130 e. The topological polar surface area (TPSA) is 0 Å². The highest BCUT2D eigenvalue weighted by molar-refractivity contribution is 5.50. The van der Waals surface area contributed by atoms with Crippen LogP contribution >= 0.6 is 0 Å². The smallest absolute Gasteiger partial charge is 0.130 e. The molecule has 1 aliphatic carbocycles. The number of benzene rings is 2. The normalized spacial score (nSPS) is 15.1. The maximum absolute atomic E-state index is 14.8. The van der Waals surface area contributed by atoms with E-state index in [1.54, 1.807) is 0 Å². The Morgan fingerprint density at radius 3 is 2.26 bits per heavy atom. The standard InChI is InChI=1S/C22H23F/c1-16-8-11-18(12-9-16)13-15-20-14-10-17(2)22(23)21(20)19-6-4-3-5-7-19/h8-12,14,19H,3-7H2,1-2H3. The minimum Gasteiger partial charge on any atom is -0.206 e. The number of rotatable bonds is 1. The lowest BCUT2D eigenvalue weighted by Crippen LogP contribution is -2.09. The minimum absolute atomic E-state index is 0.0485. The molecule has 0 heterocycles. The summed E-state index contributed by atoms with van der Waals surface area (Å²) in [5.41, 5.74) is 4.64. The van der Waals surface area contributed by atoms with Crippen molar-refractivity contribution in [2.24, 2.45) is 0 Å². The zero-order valence-electron chi connectivity index (χ0n) is 14.0. The number of aryl methyl sites for hydroxylation is 2. The third kappa shape index (κ3) is 3.64. The van der Waals surface area contributed by atoms with Crippen LogP contribution in [0.2, 0.25) is 0 Å². The molecule has 0 saturated heterocycles. The summed E-state index contributed by atoms with van der Waals surface area (Å²) in [7, 11) is 0. The molecule has 1 fully saturated rings. The van der Waals surface area contributed by atoms with Crippen molar-refractivity contribution in [2.75, 3.05) is 0 Å². The lowest BCUT2D eigenvalue weighted by atomic mass is 9.81. The highest BCUT2D eigenvalue weighted by Crippen LogP contribution is 2.36. The van der Waals surface area contributed by atoms with E-state index in [4.69, 9.17) is 0 Å². The van der Waals surface area contributed by atoms with E-state index < -0.39 is 0 Å². The third-order valence-corrected chi connectivity index (χ3v) is 4.78. The van der Waals surface area contributed by atoms with Crippen LogP contribution < -0.4 is 0 Å². The van der Waals surface area contributed by atoms with Gasteiger partial charge in [-0.3, -0.25) is 0 Å². The maximum atomic E-state index is 14.8. The Morgan fingerprint density at radius 1 is 0.870 bits per heavy atom. The van der Waals surface area contributed by atoms with Gasteiger partial charge in [0.1, 0.15) is 5.82 Å². The van der Waals surface area contributed by atoms with Crippen molar-refractivity contribution >= 4 is 0 Å². The molecule has 0 amide bonds. The summed E-state index contributed by atoms with van der Waals surface area (Å²) in [4.78, 5) is 0. The van der Waals surface area contributed by atoms with Crippen molar-refractivity contribution in [3.8, 4) is 11.8 Å². The Morgan fingerprint density at radius 2 is 1.57 bits per heavy atom. The van der Waals surface area contributed by atoms with E-state index in [0.717, 1.165) is 35.1 Å². The Hall–Kier alpha value is -2.07. The van der Waals surface area contributed by atoms with E-state index in [0.29, 0.717) is 5.92 Å². The van der Waals surface area contributed by atoms with Gasteiger partial charge in [0.15, 0.2) is 0 Å². The van der Waals surface area contributed by atoms with Gasteiger partial charge in [-0.25, -0.2) is 4.39 Å². The summed E-state index contributed by atoms with van der Waals surface area (Å²) in [5.74, 6) is 6.70. The Labute approximate surface area is 138 Å². The highest BCUT2D eigenvalue weighted by Gasteiger charge is 2.22. The second-order valence-electron chi connectivity index (χ2n) is 6.61. The molecule has 23 heavy (non-hydrogen) atoms. The first kappa shape index (κ1) is 15.8. The molecule has 2 aromatic rings. The van der Waals surface area contributed by atoms with Crippen molar-refractivity contribution in [2.45, 2.75) is 51.9 Å². The van der Waals surface area contributed by atoms with E-state index in [1.807, 2.05) is 31.2 Å². The highest BCUT2D eigenvalue weighted by atomic mass is 19.1. The molecule has 0 aromatic heterocycles. The van der Waals surface area contributed by atoms with Crippen LogP contribution in [0.15, 0.2) is 36.4 Å². The van der Waals surface area contributed by atoms with Gasteiger partial charge in [0.25, 0.3) is 0 Å². The molecule has 0 aliphatic heterocycles. The van der Waals surface area contributed by atoms with Crippen molar-refractivity contribution in [3.63, 3.8) is 0 Å². The van der Waals surface area contributed by atoms with Crippen LogP contribution in [0, 0.1) is 31.5 Å². The van der Waals surface area contributed by atoms with E-state index >= 15 is 0 Å². The minimum atomic E-state index is -0.0485. The molecular weight excluding hydrogens is 283 g/mol. The number of hydrogen-bond donors (Lipinski definition) is 0. The molecule has 0 radical (unpaired) electrons. The van der Waals surface area contributed by atoms with Crippen LogP contribution in [-0.4, -0.2) is 0 Å². The molecule has 2 aromatic carbocycles. The summed E-state index contributed by atoms with van der Waals surface area (Å²) in [6, 6.07) is 12.0. The van der Waals surface area contributed by atoms with Crippen LogP contribution in [0.4, 0.5) is 4.39 Å². The molecule has 3 rings (SSSR count). The van der Waals surface area contributed by atoms with Gasteiger partial charge in [-0.05, 0) is 56.4 Å². The predicted octanol–water partition coefficient (Wildman–Crippen LogP) is 5.89. The zero-order valence-corrected chi connectivity index (χ0v) is 14.0. The average Bonchev–Trinajstić information content (AvgIpc) is 2.58. The van der Waals surface area contributed by atoms with Gasteiger partial charge in [0.05, 0.1) is 0 Å². The number of hydrogen-bond acceptors (Lipinski definition) is 0. The van der Waals surface area contributed by atoms with E-state index in [2.05, 4.69) is 30.9 Å². The van der Waals surface area contributed by atoms with E-state index in [-0.39, 0.29) is 5.82 Å². The van der Waals surface area contributed by atoms with Gasteiger partial charge >= 0.3 is 0 Å². The molecule has 0 unspecified atom stereocenters. The van der Waals surface area contributed by atoms with Gasteiger partial charge in [-0.1, -0.05) is 54.9 Å². The molecule has 0 nitrogen and oxygen atoms in total. The first-order chi connectivity index (χ1) is 11.1. The Balaban J connectivity index is 1.98. The predicted molar refractivity (Wildman–Crippen MR) is 94.1 cm³/mol. The SMILES string of the molecule is Cc1ccc(C#Cc2ccc(C)c(F)c2C2CCCCC2)cc1. The molecular formula is C22H23F. The summed E-state index contributed by atoms with van der Waals surface area (Å²) < 4.78 is 14.8. The Bertz CT molecular complexity index is 738. The van der Waals surface area contributed by atoms with Crippen LogP contribution in [0.25, 0.3) is 0 Å². The molecule has 0 N–H and O–H groups in total. The number of halogens is 1. The largest absolute Gasteiger partial charge is 0.206 e. The molecule has 1 heteroatoms. The van der Waals surface area contributed by atoms with Crippen molar-refractivity contribution in [1.82, 2.24) is 0 Å². The third-order valence-electron chi connectivity index (χ3n) is 4.78. The van der Waals surface area contributed by atoms with Crippen molar-refractivity contribution in [1.29, 1.82) is 0 Å². The second kappa shape index (κ2) is 7.01. The molecule has 118 valence electrons. The molecule has 0 spiro atoms. The average molecular weight is 306 g/mol. The first-order valence-electron chi connectivity index (χ1n) is 8.53. The zero-order chi connectivity index (χ0) is 16.2.